The Bertz CT molecular complexity index is 2540. The van der Waals surface area contributed by atoms with Gasteiger partial charge in [0.15, 0.2) is 0 Å². The summed E-state index contributed by atoms with van der Waals surface area (Å²) >= 11 is 0. The fourth-order valence-electron chi connectivity index (χ4n) is 8.46. The Morgan fingerprint density at radius 1 is 0.885 bits per heavy atom. The number of likely N-dealkylation sites (tertiary alicyclic amines) is 1. The smallest absolute Gasteiger partial charge is 0.266 e. The van der Waals surface area contributed by atoms with Crippen LogP contribution in [0.4, 0.5) is 17.3 Å². The van der Waals surface area contributed by atoms with Crippen molar-refractivity contribution in [2.75, 3.05) is 42.5 Å². The second-order valence-corrected chi connectivity index (χ2v) is 17.9. The van der Waals surface area contributed by atoms with Gasteiger partial charge in [0.05, 0.1) is 59.3 Å². The Morgan fingerprint density at radius 2 is 1.66 bits per heavy atom. The minimum absolute atomic E-state index is 0.250. The predicted molar refractivity (Wildman–Crippen MR) is 232 cm³/mol. The lowest BCUT2D eigenvalue weighted by Crippen LogP contribution is -2.51. The number of hydrogen-bond donors (Lipinski definition) is 3. The summed E-state index contributed by atoms with van der Waals surface area (Å²) < 4.78 is 35.9. The molecule has 1 unspecified atom stereocenters. The van der Waals surface area contributed by atoms with Crippen LogP contribution in [0, 0.1) is 0 Å². The number of piperidine rings is 2. The topological polar surface area (TPSA) is 185 Å². The molecule has 3 N–H and O–H groups in total. The normalized spacial score (nSPS) is 17.5. The molecule has 2 aromatic carbocycles. The van der Waals surface area contributed by atoms with E-state index in [0.29, 0.717) is 48.6 Å². The van der Waals surface area contributed by atoms with Crippen molar-refractivity contribution in [1.29, 1.82) is 0 Å². The maximum atomic E-state index is 13.3. The monoisotopic (exact) mass is 848 g/mol. The Balaban J connectivity index is 0.711. The molecule has 3 aliphatic heterocycles. The highest BCUT2D eigenvalue weighted by atomic mass is 32.2. The van der Waals surface area contributed by atoms with Gasteiger partial charge < -0.3 is 20.3 Å². The maximum Gasteiger partial charge on any atom is 0.266 e. The molecule has 3 amide bonds. The lowest BCUT2D eigenvalue weighted by molar-refractivity contribution is -0.125. The Hall–Kier alpha value is -6.07. The van der Waals surface area contributed by atoms with Crippen LogP contribution in [0.25, 0.3) is 16.8 Å². The Morgan fingerprint density at radius 3 is 2.44 bits per heavy atom. The van der Waals surface area contributed by atoms with Crippen LogP contribution in [0.3, 0.4) is 0 Å². The van der Waals surface area contributed by atoms with Gasteiger partial charge in [-0.3, -0.25) is 28.7 Å². The van der Waals surface area contributed by atoms with Crippen molar-refractivity contribution in [1.82, 2.24) is 39.5 Å². The van der Waals surface area contributed by atoms with Crippen LogP contribution in [0.5, 0.6) is 5.75 Å². The van der Waals surface area contributed by atoms with E-state index in [1.54, 1.807) is 53.3 Å². The van der Waals surface area contributed by atoms with Gasteiger partial charge in [0.1, 0.15) is 11.8 Å². The van der Waals surface area contributed by atoms with E-state index in [9.17, 15) is 22.8 Å². The molecule has 6 heterocycles. The van der Waals surface area contributed by atoms with Crippen molar-refractivity contribution in [3.05, 3.63) is 96.6 Å². The number of nitrogens with zero attached hydrogens (tertiary/aromatic N) is 7. The lowest BCUT2D eigenvalue weighted by atomic mass is 10.0. The Kier molecular flexibility index (Phi) is 12.5. The molecule has 2 fully saturated rings. The summed E-state index contributed by atoms with van der Waals surface area (Å²) in [5.74, 6) is -0.482. The first-order valence-corrected chi connectivity index (χ1v) is 23.0. The summed E-state index contributed by atoms with van der Waals surface area (Å²) in [5.41, 5.74) is 4.85. The zero-order valence-corrected chi connectivity index (χ0v) is 35.2. The SMILES string of the molecule is C=C1CCC(N2C(=O)c3cccc(OCCCCCCCCCN4CCC(n5cc(Nc6ncc7ccc(-c8cccc(NS(C)(=O)=O)c8)n7n6)cn5)CC4)c3C2=O)C(=O)N1. The van der Waals surface area contributed by atoms with Crippen molar-refractivity contribution >= 4 is 50.6 Å². The molecule has 0 aliphatic carbocycles. The minimum atomic E-state index is -3.40. The first-order valence-electron chi connectivity index (χ1n) is 21.1. The van der Waals surface area contributed by atoms with Crippen LogP contribution in [0.15, 0.2) is 85.5 Å². The van der Waals surface area contributed by atoms with Gasteiger partial charge in [-0.1, -0.05) is 56.9 Å². The number of allylic oxidation sites excluding steroid dienone is 1. The van der Waals surface area contributed by atoms with E-state index in [2.05, 4.69) is 36.9 Å². The van der Waals surface area contributed by atoms with Gasteiger partial charge in [0.2, 0.25) is 21.9 Å². The fourth-order valence-corrected chi connectivity index (χ4v) is 9.02. The quantitative estimate of drug-likeness (QED) is 0.0643. The van der Waals surface area contributed by atoms with Gasteiger partial charge in [-0.25, -0.2) is 17.9 Å². The van der Waals surface area contributed by atoms with Crippen LogP contribution >= 0.6 is 0 Å². The summed E-state index contributed by atoms with van der Waals surface area (Å²) in [7, 11) is -3.40. The van der Waals surface area contributed by atoms with E-state index in [1.165, 1.54) is 25.7 Å². The van der Waals surface area contributed by atoms with Crippen molar-refractivity contribution in [2.45, 2.75) is 82.7 Å². The molecular formula is C44H52N10O6S. The number of fused-ring (bicyclic) bond motifs is 2. The van der Waals surface area contributed by atoms with E-state index in [1.807, 2.05) is 29.1 Å². The molecule has 17 heteroatoms. The van der Waals surface area contributed by atoms with Crippen LogP contribution in [-0.2, 0) is 14.8 Å². The number of hydrogen-bond acceptors (Lipinski definition) is 11. The molecular weight excluding hydrogens is 797 g/mol. The number of carbonyl (C=O) groups is 3. The molecule has 1 atom stereocenters. The van der Waals surface area contributed by atoms with Gasteiger partial charge in [-0.2, -0.15) is 5.10 Å². The van der Waals surface area contributed by atoms with Crippen LogP contribution in [0.2, 0.25) is 0 Å². The van der Waals surface area contributed by atoms with E-state index in [0.717, 1.165) is 85.4 Å². The van der Waals surface area contributed by atoms with Gasteiger partial charge in [-0.15, -0.1) is 5.10 Å². The third-order valence-electron chi connectivity index (χ3n) is 11.6. The zero-order valence-electron chi connectivity index (χ0n) is 34.4. The second-order valence-electron chi connectivity index (χ2n) is 16.1. The maximum absolute atomic E-state index is 13.3. The lowest BCUT2D eigenvalue weighted by Gasteiger charge is -2.32. The number of ether oxygens (including phenoxy) is 1. The largest absolute Gasteiger partial charge is 0.493 e. The summed E-state index contributed by atoms with van der Waals surface area (Å²) in [4.78, 5) is 47.1. The van der Waals surface area contributed by atoms with Crippen LogP contribution in [0.1, 0.15) is 97.4 Å². The number of benzene rings is 2. The molecule has 0 bridgehead atoms. The number of carbonyl (C=O) groups excluding carboxylic acids is 3. The van der Waals surface area contributed by atoms with E-state index in [-0.39, 0.29) is 17.0 Å². The van der Waals surface area contributed by atoms with Gasteiger partial charge in [0.25, 0.3) is 11.8 Å². The number of sulfonamides is 1. The summed E-state index contributed by atoms with van der Waals surface area (Å²) in [6.45, 7) is 7.43. The number of rotatable bonds is 18. The molecule has 0 saturated carbocycles. The van der Waals surface area contributed by atoms with Crippen LogP contribution < -0.4 is 20.1 Å². The molecule has 2 saturated heterocycles. The number of anilines is 3. The predicted octanol–water partition coefficient (Wildman–Crippen LogP) is 6.54. The average Bonchev–Trinajstić information content (AvgIpc) is 3.95. The van der Waals surface area contributed by atoms with E-state index in [4.69, 9.17) is 9.84 Å². The second kappa shape index (κ2) is 18.3. The number of amides is 3. The van der Waals surface area contributed by atoms with Crippen molar-refractivity contribution in [3.63, 3.8) is 0 Å². The van der Waals surface area contributed by atoms with Crippen molar-refractivity contribution in [3.8, 4) is 17.0 Å². The summed E-state index contributed by atoms with van der Waals surface area (Å²) in [5, 5.41) is 15.4. The minimum Gasteiger partial charge on any atom is -0.493 e. The van der Waals surface area contributed by atoms with Crippen molar-refractivity contribution < 1.29 is 27.5 Å². The zero-order chi connectivity index (χ0) is 42.5. The molecule has 3 aliphatic rings. The van der Waals surface area contributed by atoms with Crippen LogP contribution in [-0.4, -0.2) is 98.9 Å². The highest BCUT2D eigenvalue weighted by Crippen LogP contribution is 2.34. The molecule has 0 radical (unpaired) electrons. The number of imide groups is 1. The van der Waals surface area contributed by atoms with E-state index < -0.39 is 27.9 Å². The molecule has 16 nitrogen and oxygen atoms in total. The summed E-state index contributed by atoms with van der Waals surface area (Å²) in [6, 6.07) is 15.6. The fraction of sp³-hybridized carbons (Fsp3) is 0.409. The number of aromatic nitrogens is 5. The molecule has 5 aromatic rings. The average molecular weight is 849 g/mol. The molecule has 320 valence electrons. The highest BCUT2D eigenvalue weighted by Gasteiger charge is 2.45. The standard InChI is InChI=1S/C44H52N10O6S/c1-30-16-18-38(41(55)47-30)53-42(56)36-14-11-15-39(40(36)43(53)57)60-25-9-7-5-3-4-6-8-22-51-23-20-34(21-24-51)52-29-33(27-46-52)48-44-45-28-35-17-19-37(54(35)49-44)31-12-10-13-32(26-31)50-61(2,58)59/h10-15,17,19,26-29,34,38,50H,1,3-9,16,18,20-25H2,2H3,(H,47,55)(H,48,49). The molecule has 8 rings (SSSR count). The van der Waals surface area contributed by atoms with Crippen molar-refractivity contribution in [2.24, 2.45) is 0 Å². The molecule has 3 aromatic heterocycles. The number of unbranched alkanes of at least 4 members (excludes halogenated alkanes) is 6. The van der Waals surface area contributed by atoms with Gasteiger partial charge >= 0.3 is 0 Å². The third-order valence-corrected chi connectivity index (χ3v) is 12.2. The van der Waals surface area contributed by atoms with Gasteiger partial charge in [0, 0.05) is 36.2 Å². The molecule has 61 heavy (non-hydrogen) atoms. The van der Waals surface area contributed by atoms with Gasteiger partial charge in [-0.05, 0) is 81.5 Å². The first kappa shape index (κ1) is 41.7. The third kappa shape index (κ3) is 9.78. The number of nitrogens with one attached hydrogen (secondary N) is 3. The molecule has 0 spiro atoms. The first-order chi connectivity index (χ1) is 29.5. The van der Waals surface area contributed by atoms with E-state index >= 15 is 0 Å². The highest BCUT2D eigenvalue weighted by molar-refractivity contribution is 7.92. The summed E-state index contributed by atoms with van der Waals surface area (Å²) in [6.07, 6.45) is 17.4. The Labute approximate surface area is 355 Å².